The maximum absolute atomic E-state index is 5.83. The molecule has 3 heteroatoms. The molecule has 1 saturated carbocycles. The summed E-state index contributed by atoms with van der Waals surface area (Å²) in [7, 11) is 0. The van der Waals surface area contributed by atoms with Gasteiger partial charge in [0.25, 0.3) is 0 Å². The highest BCUT2D eigenvalue weighted by atomic mass is 16.7. The van der Waals surface area contributed by atoms with Crippen molar-refractivity contribution in [1.29, 1.82) is 0 Å². The average Bonchev–Trinajstić information content (AvgIpc) is 3.14. The molecule has 1 spiro atoms. The van der Waals surface area contributed by atoms with E-state index in [9.17, 15) is 0 Å². The van der Waals surface area contributed by atoms with Crippen LogP contribution in [0.4, 0.5) is 0 Å². The molecular formula is C16H25NO2. The molecule has 2 fully saturated rings. The van der Waals surface area contributed by atoms with Crippen LogP contribution in [-0.4, -0.2) is 23.6 Å². The van der Waals surface area contributed by atoms with Crippen molar-refractivity contribution in [2.75, 3.05) is 13.2 Å². The van der Waals surface area contributed by atoms with Crippen LogP contribution in [0.3, 0.4) is 0 Å². The molecule has 3 nitrogen and oxygen atoms in total. The fraction of sp³-hybridized carbons (Fsp3) is 0.750. The molecular weight excluding hydrogens is 238 g/mol. The Labute approximate surface area is 115 Å². The lowest BCUT2D eigenvalue weighted by atomic mass is 9.95. The summed E-state index contributed by atoms with van der Waals surface area (Å²) >= 11 is 0. The summed E-state index contributed by atoms with van der Waals surface area (Å²) < 4.78 is 14.0. The number of nitrogens with zero attached hydrogens (tertiary/aromatic N) is 1. The minimum atomic E-state index is -0.210. The van der Waals surface area contributed by atoms with E-state index in [0.717, 1.165) is 32.0 Å². The highest BCUT2D eigenvalue weighted by Crippen LogP contribution is 2.44. The Morgan fingerprint density at radius 1 is 1.26 bits per heavy atom. The van der Waals surface area contributed by atoms with Crippen molar-refractivity contribution < 1.29 is 9.47 Å². The van der Waals surface area contributed by atoms with Gasteiger partial charge in [-0.25, -0.2) is 0 Å². The first-order valence-electron chi connectivity index (χ1n) is 7.72. The van der Waals surface area contributed by atoms with Crippen LogP contribution in [0.1, 0.15) is 51.5 Å². The third kappa shape index (κ3) is 2.87. The Morgan fingerprint density at radius 3 is 2.68 bits per heavy atom. The molecule has 2 heterocycles. The Balaban J connectivity index is 1.60. The van der Waals surface area contributed by atoms with Crippen molar-refractivity contribution in [3.05, 3.63) is 24.5 Å². The summed E-state index contributed by atoms with van der Waals surface area (Å²) in [5.41, 5.74) is 0. The number of rotatable bonds is 5. The van der Waals surface area contributed by atoms with Crippen molar-refractivity contribution in [1.82, 2.24) is 4.57 Å². The molecule has 0 amide bonds. The summed E-state index contributed by atoms with van der Waals surface area (Å²) in [4.78, 5) is 0. The first-order chi connectivity index (χ1) is 9.31. The largest absolute Gasteiger partial charge is 0.351 e. The standard InChI is InChI=1S/C16H25NO2/c1-2-5-15(17-8-3-4-9-17)12-14-6-7-16(13-14)18-10-11-19-16/h3-4,8-9,14-15H,2,5-7,10-13H2,1H3. The van der Waals surface area contributed by atoms with Gasteiger partial charge in [0.1, 0.15) is 0 Å². The zero-order valence-electron chi connectivity index (χ0n) is 11.9. The summed E-state index contributed by atoms with van der Waals surface area (Å²) in [5, 5.41) is 0. The molecule has 106 valence electrons. The van der Waals surface area contributed by atoms with Gasteiger partial charge < -0.3 is 14.0 Å². The van der Waals surface area contributed by atoms with E-state index in [1.165, 1.54) is 25.7 Å². The normalized spacial score (nSPS) is 27.1. The molecule has 1 aliphatic heterocycles. The predicted octanol–water partition coefficient (Wildman–Crippen LogP) is 3.76. The van der Waals surface area contributed by atoms with Gasteiger partial charge in [0.2, 0.25) is 0 Å². The maximum atomic E-state index is 5.83. The zero-order valence-corrected chi connectivity index (χ0v) is 11.9. The maximum Gasteiger partial charge on any atom is 0.168 e. The van der Waals surface area contributed by atoms with Gasteiger partial charge in [-0.15, -0.1) is 0 Å². The van der Waals surface area contributed by atoms with E-state index in [4.69, 9.17) is 9.47 Å². The first-order valence-corrected chi connectivity index (χ1v) is 7.72. The molecule has 0 radical (unpaired) electrons. The summed E-state index contributed by atoms with van der Waals surface area (Å²) in [6.45, 7) is 3.83. The van der Waals surface area contributed by atoms with Crippen molar-refractivity contribution in [2.24, 2.45) is 5.92 Å². The van der Waals surface area contributed by atoms with Crippen LogP contribution in [0.15, 0.2) is 24.5 Å². The molecule has 0 aromatic carbocycles. The quantitative estimate of drug-likeness (QED) is 0.807. The van der Waals surface area contributed by atoms with Gasteiger partial charge in [-0.2, -0.15) is 0 Å². The van der Waals surface area contributed by atoms with Gasteiger partial charge >= 0.3 is 0 Å². The first kappa shape index (κ1) is 13.2. The number of ether oxygens (including phenoxy) is 2. The highest BCUT2D eigenvalue weighted by molar-refractivity contribution is 4.95. The number of hydrogen-bond donors (Lipinski definition) is 0. The molecule has 0 N–H and O–H groups in total. The van der Waals surface area contributed by atoms with Gasteiger partial charge in [0, 0.05) is 31.3 Å². The highest BCUT2D eigenvalue weighted by Gasteiger charge is 2.44. The monoisotopic (exact) mass is 263 g/mol. The van der Waals surface area contributed by atoms with Gasteiger partial charge in [-0.3, -0.25) is 0 Å². The Hall–Kier alpha value is -0.800. The van der Waals surface area contributed by atoms with Gasteiger partial charge in [0.05, 0.1) is 13.2 Å². The Bertz CT molecular complexity index is 381. The molecule has 2 aliphatic rings. The lowest BCUT2D eigenvalue weighted by Gasteiger charge is -2.24. The van der Waals surface area contributed by atoms with E-state index in [0.29, 0.717) is 6.04 Å². The van der Waals surface area contributed by atoms with E-state index in [2.05, 4.69) is 36.0 Å². The Kier molecular flexibility index (Phi) is 3.94. The second-order valence-electron chi connectivity index (χ2n) is 6.02. The van der Waals surface area contributed by atoms with Crippen molar-refractivity contribution in [3.8, 4) is 0 Å². The van der Waals surface area contributed by atoms with Crippen molar-refractivity contribution >= 4 is 0 Å². The minimum Gasteiger partial charge on any atom is -0.351 e. The average molecular weight is 263 g/mol. The minimum absolute atomic E-state index is 0.210. The van der Waals surface area contributed by atoms with Crippen molar-refractivity contribution in [2.45, 2.75) is 57.3 Å². The van der Waals surface area contributed by atoms with Crippen LogP contribution in [0.2, 0.25) is 0 Å². The van der Waals surface area contributed by atoms with Gasteiger partial charge in [-0.1, -0.05) is 13.3 Å². The smallest absolute Gasteiger partial charge is 0.168 e. The second-order valence-corrected chi connectivity index (χ2v) is 6.02. The lowest BCUT2D eigenvalue weighted by Crippen LogP contribution is -2.26. The molecule has 1 aromatic rings. The topological polar surface area (TPSA) is 23.4 Å². The second kappa shape index (κ2) is 5.68. The summed E-state index contributed by atoms with van der Waals surface area (Å²) in [6.07, 6.45) is 11.6. The van der Waals surface area contributed by atoms with E-state index in [1.807, 2.05) is 0 Å². The van der Waals surface area contributed by atoms with E-state index >= 15 is 0 Å². The van der Waals surface area contributed by atoms with Crippen molar-refractivity contribution in [3.63, 3.8) is 0 Å². The summed E-state index contributed by atoms with van der Waals surface area (Å²) in [6, 6.07) is 4.89. The molecule has 19 heavy (non-hydrogen) atoms. The van der Waals surface area contributed by atoms with E-state index < -0.39 is 0 Å². The molecule has 3 rings (SSSR count). The molecule has 1 saturated heterocycles. The predicted molar refractivity (Wildman–Crippen MR) is 75.0 cm³/mol. The van der Waals surface area contributed by atoms with Crippen LogP contribution < -0.4 is 0 Å². The fourth-order valence-corrected chi connectivity index (χ4v) is 3.73. The summed E-state index contributed by atoms with van der Waals surface area (Å²) in [5.74, 6) is 0.537. The molecule has 2 atom stereocenters. The SMILES string of the molecule is CCCC(CC1CCC2(C1)OCCO2)n1cccc1. The van der Waals surface area contributed by atoms with E-state index in [1.54, 1.807) is 0 Å². The third-order valence-electron chi connectivity index (χ3n) is 4.62. The van der Waals surface area contributed by atoms with Crippen LogP contribution >= 0.6 is 0 Å². The van der Waals surface area contributed by atoms with Crippen LogP contribution in [0, 0.1) is 5.92 Å². The number of hydrogen-bond acceptors (Lipinski definition) is 2. The number of aromatic nitrogens is 1. The molecule has 1 aromatic heterocycles. The van der Waals surface area contributed by atoms with E-state index in [-0.39, 0.29) is 5.79 Å². The van der Waals surface area contributed by atoms with Crippen LogP contribution in [-0.2, 0) is 9.47 Å². The van der Waals surface area contributed by atoms with Gasteiger partial charge in [0.15, 0.2) is 5.79 Å². The zero-order chi connectivity index (χ0) is 13.1. The molecule has 0 bridgehead atoms. The lowest BCUT2D eigenvalue weighted by molar-refractivity contribution is -0.152. The fourth-order valence-electron chi connectivity index (χ4n) is 3.73. The van der Waals surface area contributed by atoms with Crippen LogP contribution in [0.25, 0.3) is 0 Å². The Morgan fingerprint density at radius 2 is 2.00 bits per heavy atom. The van der Waals surface area contributed by atoms with Crippen LogP contribution in [0.5, 0.6) is 0 Å². The van der Waals surface area contributed by atoms with Gasteiger partial charge in [-0.05, 0) is 37.3 Å². The molecule has 1 aliphatic carbocycles. The third-order valence-corrected chi connectivity index (χ3v) is 4.62. The molecule has 2 unspecified atom stereocenters.